The molecule has 0 saturated carbocycles. The number of H-pyrrole nitrogens is 1. The molecule has 0 bridgehead atoms. The molecule has 4 heterocycles. The fraction of sp³-hybridized carbons (Fsp3) is 0.0556. The number of nitrogens with two attached hydrogens (primary N) is 1. The van der Waals surface area contributed by atoms with Gasteiger partial charge in [-0.2, -0.15) is 5.10 Å². The molecular formula is C18H14N8. The van der Waals surface area contributed by atoms with Crippen molar-refractivity contribution in [3.05, 3.63) is 72.8 Å². The lowest BCUT2D eigenvalue weighted by Gasteiger charge is -2.10. The van der Waals surface area contributed by atoms with Gasteiger partial charge in [-0.05, 0) is 29.8 Å². The topological polar surface area (TPSA) is 111 Å². The Morgan fingerprint density at radius 3 is 2.92 bits per heavy atom. The molecule has 8 heteroatoms. The standard InChI is InChI=1S/C18H14N8/c19-16(12-2-1-5-20-7-12)17-21-9-15-18(24-17)26(10-22-15)13-4-3-11-8-23-25-14(11)6-13/h1-10,16H,19H2,(H,23,25). The number of aromatic nitrogens is 7. The molecular weight excluding hydrogens is 328 g/mol. The van der Waals surface area contributed by atoms with E-state index in [0.717, 1.165) is 22.2 Å². The van der Waals surface area contributed by atoms with Crippen molar-refractivity contribution in [2.75, 3.05) is 0 Å². The summed E-state index contributed by atoms with van der Waals surface area (Å²) in [5.74, 6) is 0.523. The van der Waals surface area contributed by atoms with Crippen molar-refractivity contribution in [3.63, 3.8) is 0 Å². The summed E-state index contributed by atoms with van der Waals surface area (Å²) in [5.41, 5.74) is 10.5. The van der Waals surface area contributed by atoms with E-state index in [1.54, 1.807) is 31.1 Å². The quantitative estimate of drug-likeness (QED) is 0.519. The number of rotatable bonds is 3. The van der Waals surface area contributed by atoms with Gasteiger partial charge in [0.15, 0.2) is 11.5 Å². The van der Waals surface area contributed by atoms with Crippen LogP contribution >= 0.6 is 0 Å². The van der Waals surface area contributed by atoms with E-state index in [-0.39, 0.29) is 0 Å². The summed E-state index contributed by atoms with van der Waals surface area (Å²) in [4.78, 5) is 17.5. The highest BCUT2D eigenvalue weighted by Crippen LogP contribution is 2.22. The number of pyridine rings is 1. The predicted molar refractivity (Wildman–Crippen MR) is 96.6 cm³/mol. The Labute approximate surface area is 147 Å². The molecule has 1 unspecified atom stereocenters. The Bertz CT molecular complexity index is 1210. The fourth-order valence-corrected chi connectivity index (χ4v) is 2.95. The van der Waals surface area contributed by atoms with E-state index < -0.39 is 6.04 Å². The fourth-order valence-electron chi connectivity index (χ4n) is 2.95. The maximum absolute atomic E-state index is 6.32. The zero-order chi connectivity index (χ0) is 17.5. The van der Waals surface area contributed by atoms with Gasteiger partial charge in [0.1, 0.15) is 11.8 Å². The van der Waals surface area contributed by atoms with E-state index in [1.165, 1.54) is 0 Å². The molecule has 8 nitrogen and oxygen atoms in total. The highest BCUT2D eigenvalue weighted by Gasteiger charge is 2.15. The van der Waals surface area contributed by atoms with Crippen LogP contribution in [-0.4, -0.2) is 34.7 Å². The van der Waals surface area contributed by atoms with Crippen LogP contribution < -0.4 is 5.73 Å². The molecule has 0 saturated heterocycles. The van der Waals surface area contributed by atoms with Gasteiger partial charge in [-0.3, -0.25) is 14.6 Å². The highest BCUT2D eigenvalue weighted by atomic mass is 15.1. The maximum atomic E-state index is 6.32. The molecule has 0 fully saturated rings. The summed E-state index contributed by atoms with van der Waals surface area (Å²) in [6.07, 6.45) is 8.65. The first-order chi connectivity index (χ1) is 12.8. The first kappa shape index (κ1) is 14.7. The molecule has 3 N–H and O–H groups in total. The van der Waals surface area contributed by atoms with E-state index >= 15 is 0 Å². The zero-order valence-electron chi connectivity index (χ0n) is 13.6. The van der Waals surface area contributed by atoms with E-state index in [9.17, 15) is 0 Å². The molecule has 0 aliphatic carbocycles. The number of nitrogens with zero attached hydrogens (tertiary/aromatic N) is 6. The van der Waals surface area contributed by atoms with E-state index in [0.29, 0.717) is 17.0 Å². The average Bonchev–Trinajstić information content (AvgIpc) is 3.33. The lowest BCUT2D eigenvalue weighted by Crippen LogP contribution is -2.16. The minimum atomic E-state index is -0.452. The van der Waals surface area contributed by atoms with Gasteiger partial charge in [0.05, 0.1) is 29.6 Å². The number of aromatic amines is 1. The first-order valence-corrected chi connectivity index (χ1v) is 8.08. The van der Waals surface area contributed by atoms with Crippen LogP contribution in [0.4, 0.5) is 0 Å². The van der Waals surface area contributed by atoms with Crippen molar-refractivity contribution in [1.82, 2.24) is 34.7 Å². The van der Waals surface area contributed by atoms with E-state index in [4.69, 9.17) is 5.73 Å². The number of nitrogens with one attached hydrogen (secondary N) is 1. The highest BCUT2D eigenvalue weighted by molar-refractivity contribution is 5.81. The monoisotopic (exact) mass is 342 g/mol. The Hall–Kier alpha value is -3.65. The third-order valence-corrected chi connectivity index (χ3v) is 4.33. The molecule has 0 aliphatic heterocycles. The Kier molecular flexibility index (Phi) is 3.22. The second-order valence-corrected chi connectivity index (χ2v) is 5.96. The molecule has 0 radical (unpaired) electrons. The minimum Gasteiger partial charge on any atom is -0.318 e. The van der Waals surface area contributed by atoms with Crippen LogP contribution in [0.25, 0.3) is 27.8 Å². The molecule has 1 aromatic carbocycles. The van der Waals surface area contributed by atoms with Gasteiger partial charge >= 0.3 is 0 Å². The third kappa shape index (κ3) is 2.32. The number of benzene rings is 1. The number of imidazole rings is 1. The molecule has 5 aromatic rings. The van der Waals surface area contributed by atoms with Crippen LogP contribution in [0, 0.1) is 0 Å². The second-order valence-electron chi connectivity index (χ2n) is 5.96. The minimum absolute atomic E-state index is 0.452. The lowest BCUT2D eigenvalue weighted by atomic mass is 10.1. The summed E-state index contributed by atoms with van der Waals surface area (Å²) in [5, 5.41) is 8.08. The first-order valence-electron chi connectivity index (χ1n) is 8.08. The van der Waals surface area contributed by atoms with Crippen LogP contribution in [0.3, 0.4) is 0 Å². The van der Waals surface area contributed by atoms with Crippen LogP contribution in [0.15, 0.2) is 61.4 Å². The van der Waals surface area contributed by atoms with E-state index in [2.05, 4.69) is 30.1 Å². The molecule has 126 valence electrons. The summed E-state index contributed by atoms with van der Waals surface area (Å²) in [7, 11) is 0. The Morgan fingerprint density at radius 2 is 2.04 bits per heavy atom. The van der Waals surface area contributed by atoms with Crippen molar-refractivity contribution >= 4 is 22.1 Å². The van der Waals surface area contributed by atoms with Gasteiger partial charge < -0.3 is 5.73 Å². The normalized spacial score (nSPS) is 12.7. The lowest BCUT2D eigenvalue weighted by molar-refractivity contribution is 0.781. The number of hydrogen-bond acceptors (Lipinski definition) is 6. The molecule has 4 aromatic heterocycles. The van der Waals surface area contributed by atoms with Gasteiger partial charge in [-0.1, -0.05) is 6.07 Å². The summed E-state index contributed by atoms with van der Waals surface area (Å²) >= 11 is 0. The summed E-state index contributed by atoms with van der Waals surface area (Å²) < 4.78 is 1.91. The van der Waals surface area contributed by atoms with Crippen molar-refractivity contribution in [3.8, 4) is 5.69 Å². The van der Waals surface area contributed by atoms with Crippen molar-refractivity contribution in [1.29, 1.82) is 0 Å². The molecule has 1 atom stereocenters. The van der Waals surface area contributed by atoms with Crippen molar-refractivity contribution < 1.29 is 0 Å². The SMILES string of the molecule is NC(c1cccnc1)c1ncc2ncn(-c3ccc4cn[nH]c4c3)c2n1. The molecule has 26 heavy (non-hydrogen) atoms. The largest absolute Gasteiger partial charge is 0.318 e. The van der Waals surface area contributed by atoms with Crippen LogP contribution in [0.2, 0.25) is 0 Å². The molecule has 0 spiro atoms. The molecule has 0 amide bonds. The zero-order valence-corrected chi connectivity index (χ0v) is 13.6. The Morgan fingerprint density at radius 1 is 1.08 bits per heavy atom. The second kappa shape index (κ2) is 5.71. The predicted octanol–water partition coefficient (Wildman–Crippen LogP) is 2.13. The van der Waals surface area contributed by atoms with Gasteiger partial charge in [0.25, 0.3) is 0 Å². The van der Waals surface area contributed by atoms with Gasteiger partial charge in [0, 0.05) is 17.8 Å². The maximum Gasteiger partial charge on any atom is 0.168 e. The van der Waals surface area contributed by atoms with Gasteiger partial charge in [-0.15, -0.1) is 0 Å². The van der Waals surface area contributed by atoms with Gasteiger partial charge in [0.2, 0.25) is 0 Å². The van der Waals surface area contributed by atoms with Crippen molar-refractivity contribution in [2.45, 2.75) is 6.04 Å². The average molecular weight is 342 g/mol. The Balaban J connectivity index is 1.63. The van der Waals surface area contributed by atoms with Crippen molar-refractivity contribution in [2.24, 2.45) is 5.73 Å². The number of fused-ring (bicyclic) bond motifs is 2. The number of hydrogen-bond donors (Lipinski definition) is 2. The van der Waals surface area contributed by atoms with Crippen LogP contribution in [0.5, 0.6) is 0 Å². The molecule has 5 rings (SSSR count). The van der Waals surface area contributed by atoms with Crippen LogP contribution in [0.1, 0.15) is 17.4 Å². The molecule has 0 aliphatic rings. The van der Waals surface area contributed by atoms with E-state index in [1.807, 2.05) is 34.9 Å². The van der Waals surface area contributed by atoms with Crippen LogP contribution in [-0.2, 0) is 0 Å². The smallest absolute Gasteiger partial charge is 0.168 e. The third-order valence-electron chi connectivity index (χ3n) is 4.33. The van der Waals surface area contributed by atoms with Gasteiger partial charge in [-0.25, -0.2) is 15.0 Å². The summed E-state index contributed by atoms with van der Waals surface area (Å²) in [6.45, 7) is 0. The summed E-state index contributed by atoms with van der Waals surface area (Å²) in [6, 6.07) is 9.32.